The molecule has 0 N–H and O–H groups in total. The smallest absolute Gasteiger partial charge is 0.0717 e. The van der Waals surface area contributed by atoms with Crippen molar-refractivity contribution in [1.29, 1.82) is 0 Å². The van der Waals surface area contributed by atoms with Gasteiger partial charge in [0.2, 0.25) is 0 Å². The third-order valence-corrected chi connectivity index (χ3v) is 4.59. The van der Waals surface area contributed by atoms with Gasteiger partial charge in [0.1, 0.15) is 0 Å². The molecule has 0 spiro atoms. The van der Waals surface area contributed by atoms with Gasteiger partial charge >= 0.3 is 0 Å². The Labute approximate surface area is 131 Å². The lowest BCUT2D eigenvalue weighted by molar-refractivity contribution is 0.110. The summed E-state index contributed by atoms with van der Waals surface area (Å²) in [6.07, 6.45) is 1.25. The van der Waals surface area contributed by atoms with Crippen molar-refractivity contribution in [2.24, 2.45) is 5.92 Å². The molecule has 0 bridgehead atoms. The van der Waals surface area contributed by atoms with E-state index in [0.29, 0.717) is 11.8 Å². The molecule has 110 valence electrons. The minimum absolute atomic E-state index is 0.668. The van der Waals surface area contributed by atoms with E-state index in [4.69, 9.17) is 4.74 Å². The van der Waals surface area contributed by atoms with Gasteiger partial charge in [-0.15, -0.1) is 0 Å². The van der Waals surface area contributed by atoms with Crippen LogP contribution in [-0.4, -0.2) is 6.61 Å². The molecule has 3 aromatic rings. The minimum atomic E-state index is 0.668. The fourth-order valence-electron chi connectivity index (χ4n) is 3.29. The van der Waals surface area contributed by atoms with E-state index in [0.717, 1.165) is 13.2 Å². The van der Waals surface area contributed by atoms with E-state index in [9.17, 15) is 0 Å². The minimum Gasteiger partial charge on any atom is -0.376 e. The van der Waals surface area contributed by atoms with Crippen molar-refractivity contribution in [2.45, 2.75) is 18.9 Å². The summed E-state index contributed by atoms with van der Waals surface area (Å²) in [6, 6.07) is 25.8. The topological polar surface area (TPSA) is 9.23 Å². The Hall–Kier alpha value is -2.12. The van der Waals surface area contributed by atoms with E-state index in [-0.39, 0.29) is 0 Å². The maximum Gasteiger partial charge on any atom is 0.0717 e. The molecular formula is C21H20O. The lowest BCUT2D eigenvalue weighted by atomic mass is 10.0. The number of ether oxygens (including phenoxy) is 1. The maximum absolute atomic E-state index is 5.91. The van der Waals surface area contributed by atoms with Crippen LogP contribution in [0.5, 0.6) is 0 Å². The molecule has 0 saturated heterocycles. The highest BCUT2D eigenvalue weighted by molar-refractivity contribution is 5.86. The van der Waals surface area contributed by atoms with Crippen LogP contribution in [0.3, 0.4) is 0 Å². The normalized spacial score (nSPS) is 20.2. The predicted molar refractivity (Wildman–Crippen MR) is 90.9 cm³/mol. The number of fused-ring (bicyclic) bond motifs is 1. The lowest BCUT2D eigenvalue weighted by Crippen LogP contribution is -1.98. The van der Waals surface area contributed by atoms with E-state index in [1.807, 2.05) is 6.07 Å². The summed E-state index contributed by atoms with van der Waals surface area (Å²) in [5.74, 6) is 1.34. The summed E-state index contributed by atoms with van der Waals surface area (Å²) >= 11 is 0. The Morgan fingerprint density at radius 3 is 2.50 bits per heavy atom. The molecule has 0 heterocycles. The SMILES string of the molecule is c1ccc(COC[C@@H]2C[C@H]2c2cccc3ccccc23)cc1. The summed E-state index contributed by atoms with van der Waals surface area (Å²) in [5.41, 5.74) is 2.75. The second kappa shape index (κ2) is 5.94. The third kappa shape index (κ3) is 2.77. The summed E-state index contributed by atoms with van der Waals surface area (Å²) in [6.45, 7) is 1.59. The number of rotatable bonds is 5. The number of hydrogen-bond donors (Lipinski definition) is 0. The number of hydrogen-bond acceptors (Lipinski definition) is 1. The molecule has 0 aliphatic heterocycles. The molecule has 22 heavy (non-hydrogen) atoms. The Morgan fingerprint density at radius 1 is 0.818 bits per heavy atom. The van der Waals surface area contributed by atoms with Crippen LogP contribution in [0.2, 0.25) is 0 Å². The van der Waals surface area contributed by atoms with E-state index in [1.165, 1.54) is 28.3 Å². The fraction of sp³-hybridized carbons (Fsp3) is 0.238. The van der Waals surface area contributed by atoms with Gasteiger partial charge in [-0.25, -0.2) is 0 Å². The molecule has 1 saturated carbocycles. The quantitative estimate of drug-likeness (QED) is 0.630. The van der Waals surface area contributed by atoms with E-state index >= 15 is 0 Å². The second-order valence-corrected chi connectivity index (χ2v) is 6.17. The molecule has 0 radical (unpaired) electrons. The van der Waals surface area contributed by atoms with Gasteiger partial charge in [0.15, 0.2) is 0 Å². The number of benzene rings is 3. The Morgan fingerprint density at radius 2 is 1.59 bits per heavy atom. The van der Waals surface area contributed by atoms with Gasteiger partial charge in [0.05, 0.1) is 13.2 Å². The first-order chi connectivity index (χ1) is 10.9. The molecule has 0 amide bonds. The van der Waals surface area contributed by atoms with Crippen LogP contribution >= 0.6 is 0 Å². The monoisotopic (exact) mass is 288 g/mol. The van der Waals surface area contributed by atoms with Crippen LogP contribution in [0.25, 0.3) is 10.8 Å². The molecular weight excluding hydrogens is 268 g/mol. The van der Waals surface area contributed by atoms with Gasteiger partial charge in [-0.2, -0.15) is 0 Å². The van der Waals surface area contributed by atoms with E-state index in [2.05, 4.69) is 66.7 Å². The van der Waals surface area contributed by atoms with Crippen molar-refractivity contribution in [3.63, 3.8) is 0 Å². The average molecular weight is 288 g/mol. The first-order valence-corrected chi connectivity index (χ1v) is 8.01. The van der Waals surface area contributed by atoms with Crippen molar-refractivity contribution in [2.75, 3.05) is 6.61 Å². The van der Waals surface area contributed by atoms with Crippen LogP contribution in [0.15, 0.2) is 72.8 Å². The van der Waals surface area contributed by atoms with Crippen LogP contribution < -0.4 is 0 Å². The Balaban J connectivity index is 1.39. The van der Waals surface area contributed by atoms with Gasteiger partial charge in [0, 0.05) is 0 Å². The van der Waals surface area contributed by atoms with Gasteiger partial charge in [-0.1, -0.05) is 72.8 Å². The van der Waals surface area contributed by atoms with Crippen LogP contribution in [0, 0.1) is 5.92 Å². The zero-order valence-electron chi connectivity index (χ0n) is 12.6. The summed E-state index contributed by atoms with van der Waals surface area (Å²) < 4.78 is 5.91. The van der Waals surface area contributed by atoms with Gasteiger partial charge in [-0.05, 0) is 40.2 Å². The molecule has 1 aliphatic carbocycles. The molecule has 1 aliphatic rings. The summed E-state index contributed by atoms with van der Waals surface area (Å²) in [7, 11) is 0. The van der Waals surface area contributed by atoms with Gasteiger partial charge in [0.25, 0.3) is 0 Å². The maximum atomic E-state index is 5.91. The summed E-state index contributed by atoms with van der Waals surface area (Å²) in [5, 5.41) is 2.75. The van der Waals surface area contributed by atoms with Crippen LogP contribution in [0.1, 0.15) is 23.5 Å². The van der Waals surface area contributed by atoms with Gasteiger partial charge in [-0.3, -0.25) is 0 Å². The van der Waals surface area contributed by atoms with Crippen LogP contribution in [-0.2, 0) is 11.3 Å². The van der Waals surface area contributed by atoms with E-state index < -0.39 is 0 Å². The second-order valence-electron chi connectivity index (χ2n) is 6.17. The zero-order valence-corrected chi connectivity index (χ0v) is 12.6. The zero-order chi connectivity index (χ0) is 14.8. The first-order valence-electron chi connectivity index (χ1n) is 8.01. The van der Waals surface area contributed by atoms with Crippen molar-refractivity contribution in [1.82, 2.24) is 0 Å². The summed E-state index contributed by atoms with van der Waals surface area (Å²) in [4.78, 5) is 0. The largest absolute Gasteiger partial charge is 0.376 e. The lowest BCUT2D eigenvalue weighted by Gasteiger charge is -2.07. The molecule has 2 atom stereocenters. The van der Waals surface area contributed by atoms with Crippen molar-refractivity contribution >= 4 is 10.8 Å². The molecule has 4 rings (SSSR count). The van der Waals surface area contributed by atoms with Crippen LogP contribution in [0.4, 0.5) is 0 Å². The molecule has 0 unspecified atom stereocenters. The average Bonchev–Trinajstić information content (AvgIpc) is 3.35. The third-order valence-electron chi connectivity index (χ3n) is 4.59. The highest BCUT2D eigenvalue weighted by Crippen LogP contribution is 2.49. The van der Waals surface area contributed by atoms with Gasteiger partial charge < -0.3 is 4.74 Å². The molecule has 3 aromatic carbocycles. The fourth-order valence-corrected chi connectivity index (χ4v) is 3.29. The molecule has 0 aromatic heterocycles. The van der Waals surface area contributed by atoms with Crippen molar-refractivity contribution in [3.05, 3.63) is 83.9 Å². The standard InChI is InChI=1S/C21H20O/c1-2-7-16(8-3-1)14-22-15-18-13-21(18)20-12-6-10-17-9-4-5-11-19(17)20/h1-12,18,21H,13-15H2/t18-,21+/m0/s1. The van der Waals surface area contributed by atoms with Crippen molar-refractivity contribution < 1.29 is 4.74 Å². The molecule has 1 nitrogen and oxygen atoms in total. The molecule has 1 fully saturated rings. The Kier molecular flexibility index (Phi) is 3.65. The first kappa shape index (κ1) is 13.5. The Bertz CT molecular complexity index is 758. The molecule has 1 heteroatoms. The predicted octanol–water partition coefficient (Wildman–Crippen LogP) is 5.16. The van der Waals surface area contributed by atoms with Crippen molar-refractivity contribution in [3.8, 4) is 0 Å². The van der Waals surface area contributed by atoms with E-state index in [1.54, 1.807) is 0 Å². The highest BCUT2D eigenvalue weighted by Gasteiger charge is 2.39. The highest BCUT2D eigenvalue weighted by atomic mass is 16.5.